The maximum Gasteiger partial charge on any atom is 0.234 e. The minimum absolute atomic E-state index is 0.272. The topological polar surface area (TPSA) is 85.8 Å². The summed E-state index contributed by atoms with van der Waals surface area (Å²) in [5.41, 5.74) is 5.19. The van der Waals surface area contributed by atoms with Gasteiger partial charge in [0.1, 0.15) is 6.33 Å². The monoisotopic (exact) mass is 229 g/mol. The molecule has 0 fully saturated rings. The molecule has 6 nitrogen and oxygen atoms in total. The minimum Gasteiger partial charge on any atom is -0.368 e. The number of nitrogens with two attached hydrogens (primary N) is 1. The number of hydrogen-bond acceptors (Lipinski definition) is 5. The molecule has 1 atom stereocenters. The number of rotatable bonds is 6. The summed E-state index contributed by atoms with van der Waals surface area (Å²) in [7, 11) is 3.61. The summed E-state index contributed by atoms with van der Waals surface area (Å²) in [5.74, 6) is 0.456. The van der Waals surface area contributed by atoms with Gasteiger partial charge in [0.2, 0.25) is 5.91 Å². The normalized spacial score (nSPS) is 12.7. The molecule has 0 aliphatic carbocycles. The third-order valence-electron chi connectivity index (χ3n) is 2.00. The first kappa shape index (κ1) is 12.0. The summed E-state index contributed by atoms with van der Waals surface area (Å²) >= 11 is 1.56. The molecule has 1 aromatic rings. The van der Waals surface area contributed by atoms with Gasteiger partial charge >= 0.3 is 0 Å². The van der Waals surface area contributed by atoms with Gasteiger partial charge in [0.05, 0.1) is 6.04 Å². The van der Waals surface area contributed by atoms with E-state index in [0.29, 0.717) is 6.42 Å². The van der Waals surface area contributed by atoms with Crippen molar-refractivity contribution >= 4 is 17.7 Å². The summed E-state index contributed by atoms with van der Waals surface area (Å²) in [4.78, 5) is 10.9. The number of thioether (sulfide) groups is 1. The first-order chi connectivity index (χ1) is 7.15. The van der Waals surface area contributed by atoms with Crippen LogP contribution in [0.4, 0.5) is 0 Å². The Hall–Kier alpha value is -1.08. The average molecular weight is 229 g/mol. The molecule has 0 spiro atoms. The van der Waals surface area contributed by atoms with Gasteiger partial charge in [-0.2, -0.15) is 0 Å². The summed E-state index contributed by atoms with van der Waals surface area (Å²) in [6.07, 6.45) is 2.33. The molecule has 1 unspecified atom stereocenters. The Kier molecular flexibility index (Phi) is 4.57. The second-order valence-electron chi connectivity index (χ2n) is 3.11. The number of likely N-dealkylation sites (N-methyl/N-ethyl adjacent to an activating group) is 1. The zero-order valence-electron chi connectivity index (χ0n) is 8.80. The van der Waals surface area contributed by atoms with E-state index in [1.807, 2.05) is 11.6 Å². The lowest BCUT2D eigenvalue weighted by molar-refractivity contribution is -0.119. The molecule has 0 aliphatic heterocycles. The molecular formula is C8H15N5OS. The van der Waals surface area contributed by atoms with E-state index in [0.717, 1.165) is 10.9 Å². The Morgan fingerprint density at radius 1 is 1.80 bits per heavy atom. The molecule has 1 rings (SSSR count). The van der Waals surface area contributed by atoms with Gasteiger partial charge in [-0.15, -0.1) is 10.2 Å². The van der Waals surface area contributed by atoms with Crippen LogP contribution in [0, 0.1) is 0 Å². The van der Waals surface area contributed by atoms with E-state index >= 15 is 0 Å². The van der Waals surface area contributed by atoms with Crippen molar-refractivity contribution in [3.05, 3.63) is 6.33 Å². The lowest BCUT2D eigenvalue weighted by Crippen LogP contribution is -2.39. The van der Waals surface area contributed by atoms with Crippen LogP contribution in [0.1, 0.15) is 6.42 Å². The number of aromatic nitrogens is 3. The highest BCUT2D eigenvalue weighted by molar-refractivity contribution is 7.99. The molecule has 1 heterocycles. The number of carbonyl (C=O) groups is 1. The number of carbonyl (C=O) groups excluding carboxylic acids is 1. The van der Waals surface area contributed by atoms with E-state index in [4.69, 9.17) is 5.73 Å². The van der Waals surface area contributed by atoms with E-state index in [2.05, 4.69) is 15.5 Å². The Morgan fingerprint density at radius 3 is 3.00 bits per heavy atom. The Morgan fingerprint density at radius 2 is 2.53 bits per heavy atom. The Labute approximate surface area is 92.6 Å². The summed E-state index contributed by atoms with van der Waals surface area (Å²) in [6.45, 7) is 0. The fourth-order valence-electron chi connectivity index (χ4n) is 1.10. The maximum atomic E-state index is 10.9. The second kappa shape index (κ2) is 5.72. The van der Waals surface area contributed by atoms with Crippen LogP contribution in [0.2, 0.25) is 0 Å². The predicted octanol–water partition coefficient (Wildman–Crippen LogP) is -0.629. The van der Waals surface area contributed by atoms with Crippen molar-refractivity contribution in [3.63, 3.8) is 0 Å². The molecule has 84 valence electrons. The number of aryl methyl sites for hydroxylation is 1. The third-order valence-corrected chi connectivity index (χ3v) is 3.07. The highest BCUT2D eigenvalue weighted by atomic mass is 32.2. The predicted molar refractivity (Wildman–Crippen MR) is 58.4 cm³/mol. The summed E-state index contributed by atoms with van der Waals surface area (Å²) < 4.78 is 1.84. The number of nitrogens with zero attached hydrogens (tertiary/aromatic N) is 3. The highest BCUT2D eigenvalue weighted by Crippen LogP contribution is 2.14. The van der Waals surface area contributed by atoms with Crippen LogP contribution in [-0.4, -0.2) is 39.5 Å². The summed E-state index contributed by atoms with van der Waals surface area (Å²) in [5, 5.41) is 11.4. The zero-order chi connectivity index (χ0) is 11.3. The minimum atomic E-state index is -0.323. The van der Waals surface area contributed by atoms with Crippen LogP contribution in [0.5, 0.6) is 0 Å². The molecule has 0 saturated heterocycles. The lowest BCUT2D eigenvalue weighted by atomic mass is 10.2. The van der Waals surface area contributed by atoms with Crippen molar-refractivity contribution in [1.82, 2.24) is 20.1 Å². The number of amides is 1. The zero-order valence-corrected chi connectivity index (χ0v) is 9.62. The smallest absolute Gasteiger partial charge is 0.234 e. The standard InChI is InChI=1S/C8H15N5OS/c1-10-6(7(9)14)3-4-15-8-12-11-5-13(8)2/h5-6,10H,3-4H2,1-2H3,(H2,9,14). The molecule has 3 N–H and O–H groups in total. The molecule has 0 saturated carbocycles. The lowest BCUT2D eigenvalue weighted by Gasteiger charge is -2.10. The first-order valence-electron chi connectivity index (χ1n) is 4.58. The molecule has 7 heteroatoms. The van der Waals surface area contributed by atoms with Crippen LogP contribution < -0.4 is 11.1 Å². The Balaban J connectivity index is 2.33. The van der Waals surface area contributed by atoms with Crippen LogP contribution >= 0.6 is 11.8 Å². The van der Waals surface area contributed by atoms with E-state index < -0.39 is 0 Å². The van der Waals surface area contributed by atoms with Gasteiger partial charge in [-0.1, -0.05) is 11.8 Å². The number of hydrogen-bond donors (Lipinski definition) is 2. The van der Waals surface area contributed by atoms with Crippen molar-refractivity contribution in [3.8, 4) is 0 Å². The van der Waals surface area contributed by atoms with Gasteiger partial charge in [0.25, 0.3) is 0 Å². The van der Waals surface area contributed by atoms with Crippen LogP contribution in [0.3, 0.4) is 0 Å². The molecular weight excluding hydrogens is 214 g/mol. The van der Waals surface area contributed by atoms with Gasteiger partial charge in [0.15, 0.2) is 5.16 Å². The third kappa shape index (κ3) is 3.52. The average Bonchev–Trinajstić information content (AvgIpc) is 2.58. The molecule has 0 aliphatic rings. The molecule has 0 bridgehead atoms. The van der Waals surface area contributed by atoms with E-state index in [1.54, 1.807) is 25.1 Å². The van der Waals surface area contributed by atoms with Gasteiger partial charge in [-0.3, -0.25) is 4.79 Å². The summed E-state index contributed by atoms with van der Waals surface area (Å²) in [6, 6.07) is -0.272. The fourth-order valence-corrected chi connectivity index (χ4v) is 1.99. The van der Waals surface area contributed by atoms with Gasteiger partial charge in [0, 0.05) is 12.8 Å². The van der Waals surface area contributed by atoms with Crippen molar-refractivity contribution in [2.75, 3.05) is 12.8 Å². The van der Waals surface area contributed by atoms with Gasteiger partial charge in [-0.05, 0) is 13.5 Å². The second-order valence-corrected chi connectivity index (χ2v) is 4.17. The molecule has 1 aromatic heterocycles. The van der Waals surface area contributed by atoms with Crippen LogP contribution in [0.15, 0.2) is 11.5 Å². The fraction of sp³-hybridized carbons (Fsp3) is 0.625. The van der Waals surface area contributed by atoms with Crippen molar-refractivity contribution in [2.45, 2.75) is 17.6 Å². The largest absolute Gasteiger partial charge is 0.368 e. The quantitative estimate of drug-likeness (QED) is 0.634. The van der Waals surface area contributed by atoms with E-state index in [9.17, 15) is 4.79 Å². The van der Waals surface area contributed by atoms with Crippen molar-refractivity contribution < 1.29 is 4.79 Å². The maximum absolute atomic E-state index is 10.9. The van der Waals surface area contributed by atoms with Crippen LogP contribution in [0.25, 0.3) is 0 Å². The molecule has 15 heavy (non-hydrogen) atoms. The van der Waals surface area contributed by atoms with Crippen molar-refractivity contribution in [2.24, 2.45) is 12.8 Å². The molecule has 1 amide bonds. The molecule has 0 aromatic carbocycles. The Bertz CT molecular complexity index is 327. The van der Waals surface area contributed by atoms with E-state index in [-0.39, 0.29) is 11.9 Å². The molecule has 0 radical (unpaired) electrons. The van der Waals surface area contributed by atoms with E-state index in [1.165, 1.54) is 0 Å². The van der Waals surface area contributed by atoms with Gasteiger partial charge < -0.3 is 15.6 Å². The van der Waals surface area contributed by atoms with Crippen LogP contribution in [-0.2, 0) is 11.8 Å². The van der Waals surface area contributed by atoms with Gasteiger partial charge in [-0.25, -0.2) is 0 Å². The SMILES string of the molecule is CNC(CCSc1nncn1C)C(N)=O. The number of nitrogens with one attached hydrogen (secondary N) is 1. The van der Waals surface area contributed by atoms with Crippen molar-refractivity contribution in [1.29, 1.82) is 0 Å². The first-order valence-corrected chi connectivity index (χ1v) is 5.57. The number of primary amides is 1. The highest BCUT2D eigenvalue weighted by Gasteiger charge is 2.12.